The van der Waals surface area contributed by atoms with Gasteiger partial charge in [-0.2, -0.15) is 4.31 Å². The van der Waals surface area contributed by atoms with Crippen LogP contribution in [0.5, 0.6) is 0 Å². The number of hydrogen-bond donors (Lipinski definition) is 1. The maximum absolute atomic E-state index is 12.8. The molecule has 1 N–H and O–H groups in total. The number of pyridine rings is 1. The van der Waals surface area contributed by atoms with Gasteiger partial charge in [-0.05, 0) is 36.8 Å². The molecule has 6 nitrogen and oxygen atoms in total. The van der Waals surface area contributed by atoms with Gasteiger partial charge in [-0.25, -0.2) is 13.4 Å². The summed E-state index contributed by atoms with van der Waals surface area (Å²) in [6, 6.07) is 7.93. The molecule has 0 saturated carbocycles. The third-order valence-electron chi connectivity index (χ3n) is 3.77. The van der Waals surface area contributed by atoms with E-state index in [1.165, 1.54) is 16.6 Å². The van der Waals surface area contributed by atoms with Gasteiger partial charge in [0.1, 0.15) is 5.15 Å². The summed E-state index contributed by atoms with van der Waals surface area (Å²) in [6.45, 7) is 6.04. The van der Waals surface area contributed by atoms with Gasteiger partial charge in [0.15, 0.2) is 0 Å². The second-order valence-electron chi connectivity index (χ2n) is 5.37. The van der Waals surface area contributed by atoms with Crippen LogP contribution in [0.25, 0.3) is 0 Å². The minimum absolute atomic E-state index is 0.0862. The first-order valence-electron chi connectivity index (χ1n) is 7.83. The van der Waals surface area contributed by atoms with Crippen molar-refractivity contribution in [3.05, 3.63) is 52.8 Å². The van der Waals surface area contributed by atoms with Gasteiger partial charge in [-0.3, -0.25) is 4.79 Å². The molecule has 1 aromatic carbocycles. The molecule has 0 atom stereocenters. The van der Waals surface area contributed by atoms with Crippen LogP contribution < -0.4 is 5.32 Å². The molecule has 0 aliphatic heterocycles. The molecule has 0 aliphatic carbocycles. The smallest absolute Gasteiger partial charge is 0.258 e. The van der Waals surface area contributed by atoms with Crippen molar-refractivity contribution in [3.63, 3.8) is 0 Å². The van der Waals surface area contributed by atoms with Gasteiger partial charge in [0, 0.05) is 25.0 Å². The van der Waals surface area contributed by atoms with Gasteiger partial charge in [0.25, 0.3) is 5.91 Å². The predicted octanol–water partition coefficient (Wildman–Crippen LogP) is 3.33. The van der Waals surface area contributed by atoms with Crippen molar-refractivity contribution in [2.45, 2.75) is 25.7 Å². The van der Waals surface area contributed by atoms with E-state index in [9.17, 15) is 13.2 Å². The van der Waals surface area contributed by atoms with Crippen LogP contribution in [0.4, 0.5) is 5.69 Å². The molecule has 0 saturated heterocycles. The third-order valence-corrected chi connectivity index (χ3v) is 6.27. The first kappa shape index (κ1) is 19.4. The fourth-order valence-electron chi connectivity index (χ4n) is 2.41. The van der Waals surface area contributed by atoms with Crippen LogP contribution in [-0.2, 0) is 10.0 Å². The molecule has 1 aromatic heterocycles. The fourth-order valence-corrected chi connectivity index (χ4v) is 4.33. The maximum Gasteiger partial charge on any atom is 0.258 e. The standard InChI is InChI=1S/C17H20ClN3O3S/c1-4-21(5-2)25(23,24)15-11-13(9-8-12(15)3)20-17(22)14-7-6-10-19-16(14)18/h6-11H,4-5H2,1-3H3,(H,20,22). The number of amides is 1. The number of anilines is 1. The minimum atomic E-state index is -3.62. The monoisotopic (exact) mass is 381 g/mol. The van der Waals surface area contributed by atoms with Crippen LogP contribution in [-0.4, -0.2) is 36.7 Å². The summed E-state index contributed by atoms with van der Waals surface area (Å²) in [4.78, 5) is 16.4. The number of aryl methyl sites for hydroxylation is 1. The van der Waals surface area contributed by atoms with Crippen LogP contribution >= 0.6 is 11.6 Å². The van der Waals surface area contributed by atoms with Gasteiger partial charge in [-0.1, -0.05) is 31.5 Å². The zero-order valence-electron chi connectivity index (χ0n) is 14.3. The molecule has 0 spiro atoms. The molecule has 0 radical (unpaired) electrons. The SMILES string of the molecule is CCN(CC)S(=O)(=O)c1cc(NC(=O)c2cccnc2Cl)ccc1C. The van der Waals surface area contributed by atoms with Crippen molar-refractivity contribution in [1.82, 2.24) is 9.29 Å². The number of nitrogens with zero attached hydrogens (tertiary/aromatic N) is 2. The molecule has 0 unspecified atom stereocenters. The number of halogens is 1. The molecule has 0 bridgehead atoms. The summed E-state index contributed by atoms with van der Waals surface area (Å²) in [5.41, 5.74) is 1.21. The normalized spacial score (nSPS) is 11.6. The molecule has 134 valence electrons. The van der Waals surface area contributed by atoms with E-state index in [-0.39, 0.29) is 15.6 Å². The first-order chi connectivity index (χ1) is 11.8. The lowest BCUT2D eigenvalue weighted by Crippen LogP contribution is -2.31. The van der Waals surface area contributed by atoms with Crippen LogP contribution in [0, 0.1) is 6.92 Å². The maximum atomic E-state index is 12.8. The molecule has 1 amide bonds. The van der Waals surface area contributed by atoms with Crippen LogP contribution in [0.2, 0.25) is 5.15 Å². The minimum Gasteiger partial charge on any atom is -0.322 e. The molecule has 25 heavy (non-hydrogen) atoms. The summed E-state index contributed by atoms with van der Waals surface area (Å²) < 4.78 is 26.9. The number of carbonyl (C=O) groups is 1. The Hall–Kier alpha value is -1.96. The van der Waals surface area contributed by atoms with E-state index in [1.54, 1.807) is 45.0 Å². The average molecular weight is 382 g/mol. The first-order valence-corrected chi connectivity index (χ1v) is 9.65. The number of benzene rings is 1. The Morgan fingerprint density at radius 2 is 1.92 bits per heavy atom. The van der Waals surface area contributed by atoms with E-state index in [1.807, 2.05) is 0 Å². The Balaban J connectivity index is 2.37. The summed E-state index contributed by atoms with van der Waals surface area (Å²) in [5.74, 6) is -0.451. The average Bonchev–Trinajstić information content (AvgIpc) is 2.57. The van der Waals surface area contributed by atoms with E-state index < -0.39 is 15.9 Å². The molecule has 1 heterocycles. The number of hydrogen-bond acceptors (Lipinski definition) is 4. The van der Waals surface area contributed by atoms with Crippen molar-refractivity contribution in [1.29, 1.82) is 0 Å². The lowest BCUT2D eigenvalue weighted by atomic mass is 10.2. The van der Waals surface area contributed by atoms with Crippen molar-refractivity contribution in [3.8, 4) is 0 Å². The van der Waals surface area contributed by atoms with Crippen molar-refractivity contribution >= 4 is 33.2 Å². The highest BCUT2D eigenvalue weighted by Gasteiger charge is 2.24. The lowest BCUT2D eigenvalue weighted by Gasteiger charge is -2.20. The number of carbonyl (C=O) groups excluding carboxylic acids is 1. The highest BCUT2D eigenvalue weighted by atomic mass is 35.5. The summed E-state index contributed by atoms with van der Waals surface area (Å²) in [7, 11) is -3.62. The van der Waals surface area contributed by atoms with Gasteiger partial charge in [0.2, 0.25) is 10.0 Å². The van der Waals surface area contributed by atoms with Crippen LogP contribution in [0.15, 0.2) is 41.4 Å². The van der Waals surface area contributed by atoms with Crippen LogP contribution in [0.1, 0.15) is 29.8 Å². The molecular weight excluding hydrogens is 362 g/mol. The second kappa shape index (κ2) is 7.95. The van der Waals surface area contributed by atoms with Crippen LogP contribution in [0.3, 0.4) is 0 Å². The zero-order valence-corrected chi connectivity index (χ0v) is 15.9. The van der Waals surface area contributed by atoms with Gasteiger partial charge in [0.05, 0.1) is 10.5 Å². The Bertz CT molecular complexity index is 880. The van der Waals surface area contributed by atoms with E-state index in [0.29, 0.717) is 24.3 Å². The van der Waals surface area contributed by atoms with Gasteiger partial charge in [-0.15, -0.1) is 0 Å². The molecular formula is C17H20ClN3O3S. The number of aromatic nitrogens is 1. The second-order valence-corrected chi connectivity index (χ2v) is 7.63. The Morgan fingerprint density at radius 1 is 1.24 bits per heavy atom. The molecule has 2 rings (SSSR count). The molecule has 0 fully saturated rings. The Kier molecular flexibility index (Phi) is 6.16. The predicted molar refractivity (Wildman–Crippen MR) is 98.5 cm³/mol. The molecule has 0 aliphatic rings. The summed E-state index contributed by atoms with van der Waals surface area (Å²) in [5, 5.41) is 2.75. The van der Waals surface area contributed by atoms with E-state index >= 15 is 0 Å². The summed E-state index contributed by atoms with van der Waals surface area (Å²) >= 11 is 5.92. The Morgan fingerprint density at radius 3 is 2.52 bits per heavy atom. The summed E-state index contributed by atoms with van der Waals surface area (Å²) in [6.07, 6.45) is 1.49. The number of rotatable bonds is 6. The van der Waals surface area contributed by atoms with Crippen molar-refractivity contribution < 1.29 is 13.2 Å². The largest absolute Gasteiger partial charge is 0.322 e. The third kappa shape index (κ3) is 4.18. The highest BCUT2D eigenvalue weighted by molar-refractivity contribution is 7.89. The van der Waals surface area contributed by atoms with Gasteiger partial charge >= 0.3 is 0 Å². The fraction of sp³-hybridized carbons (Fsp3) is 0.294. The van der Waals surface area contributed by atoms with E-state index in [0.717, 1.165) is 0 Å². The molecule has 2 aromatic rings. The molecule has 8 heteroatoms. The van der Waals surface area contributed by atoms with Crippen molar-refractivity contribution in [2.75, 3.05) is 18.4 Å². The quantitative estimate of drug-likeness (QED) is 0.778. The lowest BCUT2D eigenvalue weighted by molar-refractivity contribution is 0.102. The Labute approximate surface area is 152 Å². The zero-order chi connectivity index (χ0) is 18.6. The van der Waals surface area contributed by atoms with Gasteiger partial charge < -0.3 is 5.32 Å². The van der Waals surface area contributed by atoms with Crippen molar-refractivity contribution in [2.24, 2.45) is 0 Å². The number of sulfonamides is 1. The van der Waals surface area contributed by atoms with E-state index in [4.69, 9.17) is 11.6 Å². The highest BCUT2D eigenvalue weighted by Crippen LogP contribution is 2.24. The van der Waals surface area contributed by atoms with E-state index in [2.05, 4.69) is 10.3 Å². The topological polar surface area (TPSA) is 79.4 Å². The number of nitrogens with one attached hydrogen (secondary N) is 1.